The molecule has 1 atom stereocenters. The van der Waals surface area contributed by atoms with Crippen LogP contribution >= 0.6 is 12.4 Å². The van der Waals surface area contributed by atoms with Gasteiger partial charge in [-0.05, 0) is 76.1 Å². The smallest absolute Gasteiger partial charge is 0.219 e. The number of rotatable bonds is 9. The van der Waals surface area contributed by atoms with E-state index in [0.29, 0.717) is 18.0 Å². The lowest BCUT2D eigenvalue weighted by Crippen LogP contribution is -2.43. The molecule has 170 valence electrons. The first-order valence-corrected chi connectivity index (χ1v) is 11.6. The summed E-state index contributed by atoms with van der Waals surface area (Å²) in [4.78, 5) is 16.9. The van der Waals surface area contributed by atoms with Crippen molar-refractivity contribution in [1.29, 1.82) is 0 Å². The first kappa shape index (κ1) is 25.4. The summed E-state index contributed by atoms with van der Waals surface area (Å²) < 4.78 is 0. The molecular formula is C27H39ClN2O. The second kappa shape index (κ2) is 12.9. The largest absolute Gasteiger partial charge is 0.340 e. The molecule has 3 nitrogen and oxygen atoms in total. The highest BCUT2D eigenvalue weighted by Crippen LogP contribution is 2.38. The van der Waals surface area contributed by atoms with Crippen LogP contribution in [0.5, 0.6) is 0 Å². The molecule has 1 aliphatic rings. The Morgan fingerprint density at radius 2 is 1.48 bits per heavy atom. The minimum Gasteiger partial charge on any atom is -0.340 e. The first-order valence-electron chi connectivity index (χ1n) is 11.6. The summed E-state index contributed by atoms with van der Waals surface area (Å²) >= 11 is 0. The summed E-state index contributed by atoms with van der Waals surface area (Å²) in [6, 6.07) is 22.4. The van der Waals surface area contributed by atoms with Crippen LogP contribution in [-0.2, 0) is 11.2 Å². The quantitative estimate of drug-likeness (QED) is 0.435. The molecular weight excluding hydrogens is 404 g/mol. The van der Waals surface area contributed by atoms with Gasteiger partial charge < -0.3 is 9.80 Å². The summed E-state index contributed by atoms with van der Waals surface area (Å²) in [5.74, 6) is 0.899. The zero-order chi connectivity index (χ0) is 21.3. The number of halogens is 1. The molecule has 0 spiro atoms. The van der Waals surface area contributed by atoms with Crippen LogP contribution in [0.15, 0.2) is 60.7 Å². The second-order valence-corrected chi connectivity index (χ2v) is 9.04. The summed E-state index contributed by atoms with van der Waals surface area (Å²) in [5, 5.41) is 0. The lowest BCUT2D eigenvalue weighted by atomic mass is 9.78. The van der Waals surface area contributed by atoms with Gasteiger partial charge in [0, 0.05) is 25.6 Å². The van der Waals surface area contributed by atoms with Crippen LogP contribution in [0.3, 0.4) is 0 Å². The minimum atomic E-state index is 0. The SMILES string of the molecule is CC(=O)N(CCCCc1ccccc1)C1CCC(C(c2ccccc2)N(C)C)CC1.Cl. The molecule has 0 aliphatic heterocycles. The third-order valence-corrected chi connectivity index (χ3v) is 6.69. The van der Waals surface area contributed by atoms with Crippen molar-refractivity contribution in [3.63, 3.8) is 0 Å². The van der Waals surface area contributed by atoms with E-state index in [1.54, 1.807) is 6.92 Å². The Kier molecular flexibility index (Phi) is 10.6. The number of unbranched alkanes of at least 4 members (excludes halogenated alkanes) is 1. The topological polar surface area (TPSA) is 23.6 Å². The number of benzene rings is 2. The Morgan fingerprint density at radius 1 is 0.903 bits per heavy atom. The molecule has 0 saturated heterocycles. The van der Waals surface area contributed by atoms with E-state index in [9.17, 15) is 4.79 Å². The number of amides is 1. The van der Waals surface area contributed by atoms with Crippen molar-refractivity contribution in [3.05, 3.63) is 71.8 Å². The molecule has 0 heterocycles. The van der Waals surface area contributed by atoms with Crippen molar-refractivity contribution in [1.82, 2.24) is 9.80 Å². The monoisotopic (exact) mass is 442 g/mol. The van der Waals surface area contributed by atoms with Crippen molar-refractivity contribution < 1.29 is 4.79 Å². The van der Waals surface area contributed by atoms with E-state index in [4.69, 9.17) is 0 Å². The maximum absolute atomic E-state index is 12.4. The van der Waals surface area contributed by atoms with E-state index < -0.39 is 0 Å². The van der Waals surface area contributed by atoms with Crippen molar-refractivity contribution in [2.75, 3.05) is 20.6 Å². The molecule has 2 aromatic carbocycles. The second-order valence-electron chi connectivity index (χ2n) is 9.04. The predicted octanol–water partition coefficient (Wildman–Crippen LogP) is 6.14. The van der Waals surface area contributed by atoms with Crippen molar-refractivity contribution in [3.8, 4) is 0 Å². The van der Waals surface area contributed by atoms with Crippen LogP contribution in [-0.4, -0.2) is 42.4 Å². The Balaban J connectivity index is 0.00000341. The number of carbonyl (C=O) groups is 1. The third-order valence-electron chi connectivity index (χ3n) is 6.69. The summed E-state index contributed by atoms with van der Waals surface area (Å²) in [6.07, 6.45) is 7.95. The predicted molar refractivity (Wildman–Crippen MR) is 133 cm³/mol. The Morgan fingerprint density at radius 3 is 2.03 bits per heavy atom. The number of nitrogens with zero attached hydrogens (tertiary/aromatic N) is 2. The zero-order valence-corrected chi connectivity index (χ0v) is 20.2. The van der Waals surface area contributed by atoms with Crippen molar-refractivity contribution in [2.45, 2.75) is 64.0 Å². The lowest BCUT2D eigenvalue weighted by Gasteiger charge is -2.41. The third kappa shape index (κ3) is 7.36. The molecule has 1 fully saturated rings. The van der Waals surface area contributed by atoms with E-state index in [1.807, 2.05) is 0 Å². The minimum absolute atomic E-state index is 0. The Labute approximate surface area is 195 Å². The van der Waals surface area contributed by atoms with E-state index in [2.05, 4.69) is 84.6 Å². The van der Waals surface area contributed by atoms with Gasteiger partial charge in [0.15, 0.2) is 0 Å². The number of carbonyl (C=O) groups excluding carboxylic acids is 1. The fraction of sp³-hybridized carbons (Fsp3) is 0.519. The standard InChI is InChI=1S/C27H38N2O.ClH/c1-22(30)29(21-11-10-14-23-12-6-4-7-13-23)26-19-17-25(18-20-26)27(28(2)3)24-15-8-5-9-16-24;/h4-9,12-13,15-16,25-27H,10-11,14,17-21H2,1-3H3;1H. The van der Waals surface area contributed by atoms with Gasteiger partial charge in [0.1, 0.15) is 0 Å². The fourth-order valence-electron chi connectivity index (χ4n) is 5.22. The van der Waals surface area contributed by atoms with Gasteiger partial charge in [0.2, 0.25) is 5.91 Å². The fourth-order valence-corrected chi connectivity index (χ4v) is 5.22. The molecule has 1 saturated carbocycles. The van der Waals surface area contributed by atoms with Crippen LogP contribution in [0.2, 0.25) is 0 Å². The molecule has 0 aromatic heterocycles. The van der Waals surface area contributed by atoms with Crippen LogP contribution < -0.4 is 0 Å². The number of hydrogen-bond donors (Lipinski definition) is 0. The highest BCUT2D eigenvalue weighted by Gasteiger charge is 2.32. The highest BCUT2D eigenvalue weighted by atomic mass is 35.5. The highest BCUT2D eigenvalue weighted by molar-refractivity contribution is 5.85. The van der Waals surface area contributed by atoms with Gasteiger partial charge in [0.05, 0.1) is 0 Å². The molecule has 1 amide bonds. The molecule has 1 aliphatic carbocycles. The average Bonchev–Trinajstić information content (AvgIpc) is 2.75. The zero-order valence-electron chi connectivity index (χ0n) is 19.4. The van der Waals surface area contributed by atoms with Gasteiger partial charge in [-0.3, -0.25) is 4.79 Å². The van der Waals surface area contributed by atoms with Crippen LogP contribution in [0.25, 0.3) is 0 Å². The van der Waals surface area contributed by atoms with Gasteiger partial charge in [0.25, 0.3) is 0 Å². The first-order chi connectivity index (χ1) is 14.6. The van der Waals surface area contributed by atoms with E-state index in [0.717, 1.165) is 38.6 Å². The Bertz CT molecular complexity index is 757. The van der Waals surface area contributed by atoms with Gasteiger partial charge >= 0.3 is 0 Å². The maximum atomic E-state index is 12.4. The summed E-state index contributed by atoms with van der Waals surface area (Å²) in [6.45, 7) is 2.64. The van der Waals surface area contributed by atoms with Gasteiger partial charge in [-0.2, -0.15) is 0 Å². The van der Waals surface area contributed by atoms with Crippen molar-refractivity contribution in [2.24, 2.45) is 5.92 Å². The molecule has 0 bridgehead atoms. The number of aryl methyl sites for hydroxylation is 1. The van der Waals surface area contributed by atoms with Gasteiger partial charge in [-0.1, -0.05) is 60.7 Å². The lowest BCUT2D eigenvalue weighted by molar-refractivity contribution is -0.132. The maximum Gasteiger partial charge on any atom is 0.219 e. The molecule has 1 unspecified atom stereocenters. The Hall–Kier alpha value is -1.84. The molecule has 0 radical (unpaired) electrons. The van der Waals surface area contributed by atoms with E-state index in [1.165, 1.54) is 24.0 Å². The summed E-state index contributed by atoms with van der Waals surface area (Å²) in [5.41, 5.74) is 2.80. The van der Waals surface area contributed by atoms with Crippen LogP contribution in [0.4, 0.5) is 0 Å². The van der Waals surface area contributed by atoms with Crippen LogP contribution in [0, 0.1) is 5.92 Å². The average molecular weight is 443 g/mol. The molecule has 0 N–H and O–H groups in total. The molecule has 31 heavy (non-hydrogen) atoms. The van der Waals surface area contributed by atoms with E-state index >= 15 is 0 Å². The molecule has 2 aromatic rings. The molecule has 4 heteroatoms. The normalized spacial score (nSPS) is 19.5. The van der Waals surface area contributed by atoms with Gasteiger partial charge in [-0.15, -0.1) is 12.4 Å². The van der Waals surface area contributed by atoms with E-state index in [-0.39, 0.29) is 18.3 Å². The van der Waals surface area contributed by atoms with Crippen LogP contribution in [0.1, 0.15) is 62.6 Å². The van der Waals surface area contributed by atoms with Gasteiger partial charge in [-0.25, -0.2) is 0 Å². The molecule has 3 rings (SSSR count). The summed E-state index contributed by atoms with van der Waals surface area (Å²) in [7, 11) is 4.39. The van der Waals surface area contributed by atoms with Crippen molar-refractivity contribution >= 4 is 18.3 Å². The number of hydrogen-bond acceptors (Lipinski definition) is 2.